The Labute approximate surface area is 125 Å². The number of carbonyl (C=O) groups is 1. The molecule has 20 heavy (non-hydrogen) atoms. The smallest absolute Gasteiger partial charge is 0.262 e. The van der Waals surface area contributed by atoms with Gasteiger partial charge in [-0.05, 0) is 46.6 Å². The molecule has 3 N–H and O–H groups in total. The van der Waals surface area contributed by atoms with Gasteiger partial charge in [0.05, 0.1) is 7.11 Å². The molecule has 0 bridgehead atoms. The van der Waals surface area contributed by atoms with Crippen LogP contribution in [0.25, 0.3) is 0 Å². The highest BCUT2D eigenvalue weighted by atomic mass is 79.9. The van der Waals surface area contributed by atoms with Crippen LogP contribution < -0.4 is 15.8 Å². The van der Waals surface area contributed by atoms with Gasteiger partial charge in [0.15, 0.2) is 0 Å². The zero-order valence-corrected chi connectivity index (χ0v) is 12.7. The molecule has 0 aliphatic heterocycles. The first-order valence-electron chi connectivity index (χ1n) is 5.89. The Morgan fingerprint density at radius 3 is 2.85 bits per heavy atom. The summed E-state index contributed by atoms with van der Waals surface area (Å²) in [5, 5.41) is 2.74. The fourth-order valence-electron chi connectivity index (χ4n) is 1.80. The van der Waals surface area contributed by atoms with Crippen molar-refractivity contribution in [2.75, 3.05) is 18.2 Å². The Morgan fingerprint density at radius 1 is 1.45 bits per heavy atom. The minimum Gasteiger partial charge on any atom is -0.496 e. The second-order valence-electron chi connectivity index (χ2n) is 4.20. The van der Waals surface area contributed by atoms with Crippen molar-refractivity contribution in [2.24, 2.45) is 0 Å². The number of halogens is 1. The van der Waals surface area contributed by atoms with Crippen molar-refractivity contribution in [3.05, 3.63) is 46.1 Å². The number of methoxy groups -OCH3 is 1. The molecule has 1 heterocycles. The van der Waals surface area contributed by atoms with Crippen molar-refractivity contribution in [3.63, 3.8) is 0 Å². The fourth-order valence-corrected chi connectivity index (χ4v) is 2.25. The van der Waals surface area contributed by atoms with Crippen LogP contribution in [0.4, 0.5) is 11.5 Å². The SMILES string of the molecule is COc1cccc(N)c1C(=O)Nc1ncc(Br)cc1C. The molecule has 0 fully saturated rings. The number of ether oxygens (including phenoxy) is 1. The highest BCUT2D eigenvalue weighted by molar-refractivity contribution is 9.10. The first kappa shape index (κ1) is 14.3. The molecule has 2 aromatic rings. The predicted molar refractivity (Wildman–Crippen MR) is 82.0 cm³/mol. The second kappa shape index (κ2) is 5.92. The summed E-state index contributed by atoms with van der Waals surface area (Å²) in [7, 11) is 1.49. The van der Waals surface area contributed by atoms with Crippen LogP contribution in [0.2, 0.25) is 0 Å². The lowest BCUT2D eigenvalue weighted by Crippen LogP contribution is -2.16. The molecule has 0 radical (unpaired) electrons. The average Bonchev–Trinajstić information content (AvgIpc) is 2.41. The van der Waals surface area contributed by atoms with E-state index in [4.69, 9.17) is 10.5 Å². The van der Waals surface area contributed by atoms with E-state index in [0.29, 0.717) is 22.8 Å². The number of pyridine rings is 1. The quantitative estimate of drug-likeness (QED) is 0.845. The normalized spacial score (nSPS) is 10.2. The minimum atomic E-state index is -0.349. The van der Waals surface area contributed by atoms with Crippen molar-refractivity contribution >= 4 is 33.3 Å². The Hall–Kier alpha value is -2.08. The molecule has 1 aromatic heterocycles. The van der Waals surface area contributed by atoms with Crippen LogP contribution in [0.1, 0.15) is 15.9 Å². The fraction of sp³-hybridized carbons (Fsp3) is 0.143. The second-order valence-corrected chi connectivity index (χ2v) is 5.11. The van der Waals surface area contributed by atoms with E-state index in [-0.39, 0.29) is 5.91 Å². The van der Waals surface area contributed by atoms with Gasteiger partial charge in [0, 0.05) is 16.4 Å². The summed E-state index contributed by atoms with van der Waals surface area (Å²) in [6, 6.07) is 6.94. The van der Waals surface area contributed by atoms with Crippen LogP contribution >= 0.6 is 15.9 Å². The van der Waals surface area contributed by atoms with Gasteiger partial charge in [-0.1, -0.05) is 6.07 Å². The summed E-state index contributed by atoms with van der Waals surface area (Å²) in [5.74, 6) is 0.568. The van der Waals surface area contributed by atoms with Gasteiger partial charge in [0.2, 0.25) is 0 Å². The molecule has 6 heteroatoms. The third-order valence-electron chi connectivity index (χ3n) is 2.78. The van der Waals surface area contributed by atoms with Crippen molar-refractivity contribution in [1.29, 1.82) is 0 Å². The van der Waals surface area contributed by atoms with Crippen LogP contribution in [0, 0.1) is 6.92 Å². The summed E-state index contributed by atoms with van der Waals surface area (Å²) in [4.78, 5) is 16.5. The molecule has 0 saturated carbocycles. The maximum atomic E-state index is 12.3. The molecule has 0 aliphatic rings. The zero-order valence-electron chi connectivity index (χ0n) is 11.1. The maximum Gasteiger partial charge on any atom is 0.262 e. The third kappa shape index (κ3) is 2.91. The molecular weight excluding hydrogens is 322 g/mol. The number of nitrogens with one attached hydrogen (secondary N) is 1. The molecule has 0 atom stereocenters. The Kier molecular flexibility index (Phi) is 4.24. The number of nitrogen functional groups attached to an aromatic ring is 1. The number of nitrogens with two attached hydrogens (primary N) is 1. The summed E-state index contributed by atoms with van der Waals surface area (Å²) in [6.45, 7) is 1.86. The molecular formula is C14H14BrN3O2. The van der Waals surface area contributed by atoms with Crippen LogP contribution in [0.5, 0.6) is 5.75 Å². The molecule has 2 rings (SSSR count). The molecule has 0 aliphatic carbocycles. The van der Waals surface area contributed by atoms with Gasteiger partial charge >= 0.3 is 0 Å². The van der Waals surface area contributed by atoms with Crippen molar-refractivity contribution in [1.82, 2.24) is 4.98 Å². The van der Waals surface area contributed by atoms with E-state index >= 15 is 0 Å². The number of hydrogen-bond acceptors (Lipinski definition) is 4. The first-order valence-corrected chi connectivity index (χ1v) is 6.68. The van der Waals surface area contributed by atoms with Gasteiger partial charge in [-0.25, -0.2) is 4.98 Å². The number of hydrogen-bond donors (Lipinski definition) is 2. The maximum absolute atomic E-state index is 12.3. The number of anilines is 2. The number of amides is 1. The van der Waals surface area contributed by atoms with E-state index in [1.807, 2.05) is 13.0 Å². The number of nitrogens with zero attached hydrogens (tertiary/aromatic N) is 1. The third-order valence-corrected chi connectivity index (χ3v) is 3.22. The predicted octanol–water partition coefficient (Wildman–Crippen LogP) is 3.00. The number of aryl methyl sites for hydroxylation is 1. The molecule has 5 nitrogen and oxygen atoms in total. The zero-order chi connectivity index (χ0) is 14.7. The molecule has 0 spiro atoms. The summed E-state index contributed by atoms with van der Waals surface area (Å²) in [6.07, 6.45) is 1.62. The van der Waals surface area contributed by atoms with E-state index in [0.717, 1.165) is 10.0 Å². The monoisotopic (exact) mass is 335 g/mol. The Bertz CT molecular complexity index is 659. The van der Waals surface area contributed by atoms with Crippen molar-refractivity contribution < 1.29 is 9.53 Å². The van der Waals surface area contributed by atoms with E-state index in [1.54, 1.807) is 24.4 Å². The first-order chi connectivity index (χ1) is 9.52. The molecule has 104 valence electrons. The van der Waals surface area contributed by atoms with Gasteiger partial charge in [0.1, 0.15) is 17.1 Å². The minimum absolute atomic E-state index is 0.305. The van der Waals surface area contributed by atoms with Crippen LogP contribution in [0.3, 0.4) is 0 Å². The van der Waals surface area contributed by atoms with Gasteiger partial charge in [0.25, 0.3) is 5.91 Å². The topological polar surface area (TPSA) is 77.2 Å². The Balaban J connectivity index is 2.33. The number of carbonyl (C=O) groups excluding carboxylic acids is 1. The van der Waals surface area contributed by atoms with Crippen LogP contribution in [-0.4, -0.2) is 18.0 Å². The molecule has 0 unspecified atom stereocenters. The number of aromatic nitrogens is 1. The van der Waals surface area contributed by atoms with Crippen molar-refractivity contribution in [3.8, 4) is 5.75 Å². The van der Waals surface area contributed by atoms with E-state index in [9.17, 15) is 4.79 Å². The highest BCUT2D eigenvalue weighted by Crippen LogP contribution is 2.25. The molecule has 1 amide bonds. The summed E-state index contributed by atoms with van der Waals surface area (Å²) < 4.78 is 6.02. The lowest BCUT2D eigenvalue weighted by atomic mass is 10.1. The lowest BCUT2D eigenvalue weighted by Gasteiger charge is -2.12. The standard InChI is InChI=1S/C14H14BrN3O2/c1-8-6-9(15)7-17-13(8)18-14(19)12-10(16)4-3-5-11(12)20-2/h3-7H,16H2,1-2H3,(H,17,18,19). The summed E-state index contributed by atoms with van der Waals surface area (Å²) >= 11 is 3.33. The largest absolute Gasteiger partial charge is 0.496 e. The van der Waals surface area contributed by atoms with E-state index in [1.165, 1.54) is 7.11 Å². The van der Waals surface area contributed by atoms with Crippen LogP contribution in [0.15, 0.2) is 34.9 Å². The molecule has 1 aromatic carbocycles. The van der Waals surface area contributed by atoms with Crippen LogP contribution in [-0.2, 0) is 0 Å². The van der Waals surface area contributed by atoms with Gasteiger partial charge in [-0.2, -0.15) is 0 Å². The Morgan fingerprint density at radius 2 is 2.20 bits per heavy atom. The van der Waals surface area contributed by atoms with Gasteiger partial charge in [-0.15, -0.1) is 0 Å². The highest BCUT2D eigenvalue weighted by Gasteiger charge is 2.17. The van der Waals surface area contributed by atoms with E-state index in [2.05, 4.69) is 26.2 Å². The number of rotatable bonds is 3. The average molecular weight is 336 g/mol. The lowest BCUT2D eigenvalue weighted by molar-refractivity contribution is 0.102. The summed E-state index contributed by atoms with van der Waals surface area (Å²) in [5.41, 5.74) is 7.36. The molecule has 0 saturated heterocycles. The van der Waals surface area contributed by atoms with Crippen molar-refractivity contribution in [2.45, 2.75) is 6.92 Å². The van der Waals surface area contributed by atoms with Gasteiger partial charge < -0.3 is 15.8 Å². The van der Waals surface area contributed by atoms with Gasteiger partial charge in [-0.3, -0.25) is 4.79 Å². The number of benzene rings is 1. The van der Waals surface area contributed by atoms with E-state index < -0.39 is 0 Å².